The molecule has 0 saturated carbocycles. The fraction of sp³-hybridized carbons (Fsp3) is 0.538. The zero-order valence-electron chi connectivity index (χ0n) is 12.0. The Labute approximate surface area is 120 Å². The molecule has 1 unspecified atom stereocenters. The van der Waals surface area contributed by atoms with E-state index in [1.54, 1.807) is 13.0 Å². The third kappa shape index (κ3) is 4.45. The summed E-state index contributed by atoms with van der Waals surface area (Å²) in [5.74, 6) is 0.610. The van der Waals surface area contributed by atoms with Crippen LogP contribution >= 0.6 is 0 Å². The number of benzene rings is 1. The number of rotatable bonds is 8. The van der Waals surface area contributed by atoms with Crippen LogP contribution in [0.2, 0.25) is 0 Å². The average Bonchev–Trinajstić information content (AvgIpc) is 2.39. The molecule has 0 bridgehead atoms. The molecule has 1 aromatic carbocycles. The molecule has 3 N–H and O–H groups in total. The topological polar surface area (TPSA) is 90.7 Å². The molecule has 114 valence electrons. The molecule has 6 nitrogen and oxygen atoms in total. The number of methoxy groups -OCH3 is 1. The molecule has 0 aromatic heterocycles. The van der Waals surface area contributed by atoms with Crippen LogP contribution in [0, 0.1) is 0 Å². The smallest absolute Gasteiger partial charge is 0.240 e. The summed E-state index contributed by atoms with van der Waals surface area (Å²) >= 11 is 0. The highest BCUT2D eigenvalue weighted by molar-refractivity contribution is 7.89. The molecule has 0 aliphatic rings. The molecule has 0 heterocycles. The molecule has 0 aliphatic heterocycles. The predicted octanol–water partition coefficient (Wildman–Crippen LogP) is 0.857. The van der Waals surface area contributed by atoms with Crippen LogP contribution in [0.25, 0.3) is 0 Å². The maximum atomic E-state index is 12.2. The molecule has 1 rings (SSSR count). The molecule has 0 saturated heterocycles. The van der Waals surface area contributed by atoms with Crippen molar-refractivity contribution in [3.63, 3.8) is 0 Å². The quantitative estimate of drug-likeness (QED) is 0.743. The van der Waals surface area contributed by atoms with Crippen molar-refractivity contribution in [2.24, 2.45) is 5.73 Å². The van der Waals surface area contributed by atoms with Crippen LogP contribution in [-0.2, 0) is 21.3 Å². The molecular weight excluding hydrogens is 280 g/mol. The number of hydrogen-bond donors (Lipinski definition) is 2. The molecule has 7 heteroatoms. The van der Waals surface area contributed by atoms with Crippen molar-refractivity contribution in [1.29, 1.82) is 0 Å². The Kier molecular flexibility index (Phi) is 6.41. The van der Waals surface area contributed by atoms with Crippen LogP contribution in [0.15, 0.2) is 23.1 Å². The summed E-state index contributed by atoms with van der Waals surface area (Å²) in [5, 5.41) is 0. The fourth-order valence-electron chi connectivity index (χ4n) is 1.80. The van der Waals surface area contributed by atoms with Gasteiger partial charge in [0.15, 0.2) is 0 Å². The van der Waals surface area contributed by atoms with Gasteiger partial charge in [0.25, 0.3) is 0 Å². The number of sulfonamides is 1. The summed E-state index contributed by atoms with van der Waals surface area (Å²) < 4.78 is 37.3. The number of ether oxygens (including phenoxy) is 2. The van der Waals surface area contributed by atoms with E-state index in [-0.39, 0.29) is 17.5 Å². The Balaban J connectivity index is 3.01. The molecule has 0 spiro atoms. The van der Waals surface area contributed by atoms with E-state index in [2.05, 4.69) is 4.72 Å². The van der Waals surface area contributed by atoms with Gasteiger partial charge in [-0.05, 0) is 32.0 Å². The minimum Gasteiger partial charge on any atom is -0.494 e. The van der Waals surface area contributed by atoms with Crippen LogP contribution in [0.4, 0.5) is 0 Å². The largest absolute Gasteiger partial charge is 0.494 e. The zero-order chi connectivity index (χ0) is 15.2. The maximum absolute atomic E-state index is 12.2. The summed E-state index contributed by atoms with van der Waals surface area (Å²) in [5.41, 5.74) is 6.29. The Bertz CT molecular complexity index is 531. The van der Waals surface area contributed by atoms with E-state index in [4.69, 9.17) is 15.2 Å². The van der Waals surface area contributed by atoms with Gasteiger partial charge in [-0.25, -0.2) is 13.1 Å². The average molecular weight is 302 g/mol. The second-order valence-corrected chi connectivity index (χ2v) is 6.10. The van der Waals surface area contributed by atoms with Gasteiger partial charge in [0.2, 0.25) is 10.0 Å². The van der Waals surface area contributed by atoms with Crippen molar-refractivity contribution < 1.29 is 17.9 Å². The lowest BCUT2D eigenvalue weighted by Crippen LogP contribution is -2.35. The Morgan fingerprint density at radius 2 is 2.10 bits per heavy atom. The predicted molar refractivity (Wildman–Crippen MR) is 77.2 cm³/mol. The van der Waals surface area contributed by atoms with Gasteiger partial charge in [0.05, 0.1) is 18.1 Å². The lowest BCUT2D eigenvalue weighted by molar-refractivity contribution is 0.180. The summed E-state index contributed by atoms with van der Waals surface area (Å²) in [7, 11) is -2.07. The summed E-state index contributed by atoms with van der Waals surface area (Å²) in [6.07, 6.45) is 0. The minimum atomic E-state index is -3.59. The summed E-state index contributed by atoms with van der Waals surface area (Å²) in [6, 6.07) is 4.36. The molecule has 20 heavy (non-hydrogen) atoms. The standard InChI is InChI=1S/C13H22N2O4S/c1-4-19-13-6-5-12(7-11(13)8-14)20(16,17)15-10(2)9-18-3/h5-7,10,15H,4,8-9,14H2,1-3H3. The van der Waals surface area contributed by atoms with Gasteiger partial charge in [-0.3, -0.25) is 0 Å². The first-order valence-corrected chi connectivity index (χ1v) is 7.90. The van der Waals surface area contributed by atoms with Crippen molar-refractivity contribution in [2.75, 3.05) is 20.3 Å². The second-order valence-electron chi connectivity index (χ2n) is 4.38. The van der Waals surface area contributed by atoms with Crippen molar-refractivity contribution in [2.45, 2.75) is 31.3 Å². The first-order chi connectivity index (χ1) is 9.44. The highest BCUT2D eigenvalue weighted by Crippen LogP contribution is 2.22. The van der Waals surface area contributed by atoms with Crippen LogP contribution in [0.3, 0.4) is 0 Å². The third-order valence-electron chi connectivity index (χ3n) is 2.64. The highest BCUT2D eigenvalue weighted by Gasteiger charge is 2.18. The molecule has 0 aliphatic carbocycles. The van der Waals surface area contributed by atoms with Gasteiger partial charge in [0, 0.05) is 25.3 Å². The summed E-state index contributed by atoms with van der Waals surface area (Å²) in [4.78, 5) is 0.171. The fourth-order valence-corrected chi connectivity index (χ4v) is 3.07. The van der Waals surface area contributed by atoms with Gasteiger partial charge < -0.3 is 15.2 Å². The third-order valence-corrected chi connectivity index (χ3v) is 4.22. The first kappa shape index (κ1) is 16.9. The van der Waals surface area contributed by atoms with E-state index in [0.717, 1.165) is 0 Å². The molecule has 1 atom stereocenters. The Hall–Kier alpha value is -1.15. The number of nitrogens with one attached hydrogen (secondary N) is 1. The van der Waals surface area contributed by atoms with Gasteiger partial charge >= 0.3 is 0 Å². The van der Waals surface area contributed by atoms with E-state index in [1.165, 1.54) is 19.2 Å². The molecule has 0 radical (unpaired) electrons. The molecule has 0 fully saturated rings. The highest BCUT2D eigenvalue weighted by atomic mass is 32.2. The van der Waals surface area contributed by atoms with Crippen LogP contribution in [-0.4, -0.2) is 34.8 Å². The van der Waals surface area contributed by atoms with Crippen molar-refractivity contribution in [1.82, 2.24) is 4.72 Å². The van der Waals surface area contributed by atoms with Crippen LogP contribution in [0.5, 0.6) is 5.75 Å². The number of nitrogens with two attached hydrogens (primary N) is 1. The van der Waals surface area contributed by atoms with E-state index in [0.29, 0.717) is 24.5 Å². The van der Waals surface area contributed by atoms with Gasteiger partial charge in [-0.2, -0.15) is 0 Å². The van der Waals surface area contributed by atoms with Crippen molar-refractivity contribution in [3.8, 4) is 5.75 Å². The lowest BCUT2D eigenvalue weighted by Gasteiger charge is -2.15. The second kappa shape index (κ2) is 7.58. The zero-order valence-corrected chi connectivity index (χ0v) is 12.9. The Morgan fingerprint density at radius 3 is 2.65 bits per heavy atom. The van der Waals surface area contributed by atoms with Gasteiger partial charge in [-0.15, -0.1) is 0 Å². The maximum Gasteiger partial charge on any atom is 0.240 e. The van der Waals surface area contributed by atoms with E-state index in [9.17, 15) is 8.42 Å². The molecule has 0 amide bonds. The van der Waals surface area contributed by atoms with E-state index in [1.807, 2.05) is 6.92 Å². The lowest BCUT2D eigenvalue weighted by atomic mass is 10.2. The first-order valence-electron chi connectivity index (χ1n) is 6.41. The SMILES string of the molecule is CCOc1ccc(S(=O)(=O)NC(C)COC)cc1CN. The van der Waals surface area contributed by atoms with Crippen LogP contribution in [0.1, 0.15) is 19.4 Å². The number of hydrogen-bond acceptors (Lipinski definition) is 5. The van der Waals surface area contributed by atoms with Crippen molar-refractivity contribution >= 4 is 10.0 Å². The van der Waals surface area contributed by atoms with E-state index < -0.39 is 10.0 Å². The summed E-state index contributed by atoms with van der Waals surface area (Å²) in [6.45, 7) is 4.62. The van der Waals surface area contributed by atoms with Crippen LogP contribution < -0.4 is 15.2 Å². The molecular formula is C13H22N2O4S. The Morgan fingerprint density at radius 1 is 1.40 bits per heavy atom. The normalized spacial score (nSPS) is 13.2. The van der Waals surface area contributed by atoms with Gasteiger partial charge in [0.1, 0.15) is 5.75 Å². The minimum absolute atomic E-state index is 0.171. The van der Waals surface area contributed by atoms with Crippen molar-refractivity contribution in [3.05, 3.63) is 23.8 Å². The molecule has 1 aromatic rings. The van der Waals surface area contributed by atoms with Gasteiger partial charge in [-0.1, -0.05) is 0 Å². The monoisotopic (exact) mass is 302 g/mol. The van der Waals surface area contributed by atoms with E-state index >= 15 is 0 Å².